The molecule has 5 nitrogen and oxygen atoms in total. The Morgan fingerprint density at radius 3 is 1.58 bits per heavy atom. The van der Waals surface area contributed by atoms with E-state index in [9.17, 15) is 4.79 Å². The molecule has 0 amide bonds. The molecule has 2 N–H and O–H groups in total. The molecule has 0 heterocycles. The molecule has 0 aliphatic heterocycles. The second-order valence-corrected chi connectivity index (χ2v) is 7.29. The fraction of sp³-hybridized carbons (Fsp3) is 0.952. The van der Waals surface area contributed by atoms with Crippen LogP contribution in [0.15, 0.2) is 0 Å². The molecule has 26 heavy (non-hydrogen) atoms. The summed E-state index contributed by atoms with van der Waals surface area (Å²) in [6.45, 7) is 1.78. The lowest BCUT2D eigenvalue weighted by atomic mass is 10.0. The molecule has 0 rings (SSSR count). The number of aliphatic hydroxyl groups excluding tert-OH is 1. The minimum atomic E-state index is -0.847. The highest BCUT2D eigenvalue weighted by Gasteiger charge is 2.11. The van der Waals surface area contributed by atoms with Crippen molar-refractivity contribution in [1.29, 1.82) is 0 Å². The molecule has 0 saturated carbocycles. The van der Waals surface area contributed by atoms with Gasteiger partial charge >= 0.3 is 5.97 Å². The molecule has 0 fully saturated rings. The van der Waals surface area contributed by atoms with Gasteiger partial charge in [0.25, 0.3) is 0 Å². The second-order valence-electron chi connectivity index (χ2n) is 7.29. The first-order valence-electron chi connectivity index (χ1n) is 10.8. The Hall–Kier alpha value is -0.650. The van der Waals surface area contributed by atoms with Crippen molar-refractivity contribution >= 4 is 5.97 Å². The van der Waals surface area contributed by atoms with E-state index in [0.717, 1.165) is 12.8 Å². The van der Waals surface area contributed by atoms with Gasteiger partial charge in [-0.05, 0) is 6.42 Å². The Balaban J connectivity index is 3.18. The molecule has 0 aromatic rings. The van der Waals surface area contributed by atoms with E-state index in [2.05, 4.69) is 11.8 Å². The molecule has 0 aromatic heterocycles. The van der Waals surface area contributed by atoms with Crippen molar-refractivity contribution in [2.75, 3.05) is 13.2 Å². The molecule has 1 atom stereocenters. The van der Waals surface area contributed by atoms with E-state index >= 15 is 0 Å². The summed E-state index contributed by atoms with van der Waals surface area (Å²) >= 11 is 0. The van der Waals surface area contributed by atoms with E-state index in [4.69, 9.17) is 15.1 Å². The highest BCUT2D eigenvalue weighted by molar-refractivity contribution is 5.69. The molecule has 0 aliphatic carbocycles. The number of unbranched alkanes of at least 4 members (excludes halogenated alkanes) is 14. The van der Waals surface area contributed by atoms with Crippen LogP contribution >= 0.6 is 0 Å². The minimum Gasteiger partial charge on any atom is -0.463 e. The summed E-state index contributed by atoms with van der Waals surface area (Å²) in [5.41, 5.74) is 0. The van der Waals surface area contributed by atoms with Gasteiger partial charge in [0.2, 0.25) is 0 Å². The lowest BCUT2D eigenvalue weighted by Gasteiger charge is -2.10. The minimum absolute atomic E-state index is 0.107. The SMILES string of the molecule is CCCCCCCCCCCCCCCCCC(=O)OCC(CO)OO. The second kappa shape index (κ2) is 20.7. The molecule has 5 heteroatoms. The van der Waals surface area contributed by atoms with Crippen molar-refractivity contribution in [2.24, 2.45) is 0 Å². The third-order valence-electron chi connectivity index (χ3n) is 4.77. The van der Waals surface area contributed by atoms with Gasteiger partial charge in [0.05, 0.1) is 6.61 Å². The Bertz CT molecular complexity index is 292. The van der Waals surface area contributed by atoms with E-state index in [1.807, 2.05) is 0 Å². The van der Waals surface area contributed by atoms with Crippen LogP contribution in [-0.2, 0) is 14.4 Å². The zero-order chi connectivity index (χ0) is 19.3. The first kappa shape index (κ1) is 25.4. The maximum atomic E-state index is 11.5. The Morgan fingerprint density at radius 2 is 1.19 bits per heavy atom. The first-order chi connectivity index (χ1) is 12.7. The summed E-state index contributed by atoms with van der Waals surface area (Å²) in [6, 6.07) is 0. The van der Waals surface area contributed by atoms with E-state index in [-0.39, 0.29) is 19.2 Å². The smallest absolute Gasteiger partial charge is 0.305 e. The van der Waals surface area contributed by atoms with E-state index < -0.39 is 6.10 Å². The number of rotatable bonds is 20. The molecular formula is C21H42O5. The van der Waals surface area contributed by atoms with Crippen molar-refractivity contribution < 1.29 is 24.8 Å². The lowest BCUT2D eigenvalue weighted by Crippen LogP contribution is -2.24. The Labute approximate surface area is 160 Å². The molecule has 0 spiro atoms. The van der Waals surface area contributed by atoms with Gasteiger partial charge in [0.1, 0.15) is 12.7 Å². The van der Waals surface area contributed by atoms with Gasteiger partial charge in [-0.3, -0.25) is 10.1 Å². The zero-order valence-corrected chi connectivity index (χ0v) is 16.9. The van der Waals surface area contributed by atoms with Crippen LogP contribution in [0.1, 0.15) is 110 Å². The molecule has 0 aliphatic rings. The van der Waals surface area contributed by atoms with Crippen LogP contribution in [0.4, 0.5) is 0 Å². The molecule has 0 saturated heterocycles. The molecule has 156 valence electrons. The highest BCUT2D eigenvalue weighted by Crippen LogP contribution is 2.13. The number of aliphatic hydroxyl groups is 1. The van der Waals surface area contributed by atoms with E-state index in [1.54, 1.807) is 0 Å². The maximum absolute atomic E-state index is 11.5. The zero-order valence-electron chi connectivity index (χ0n) is 16.9. The predicted octanol–water partition coefficient (Wildman–Crippen LogP) is 5.64. The van der Waals surface area contributed by atoms with Gasteiger partial charge in [-0.25, -0.2) is 4.89 Å². The summed E-state index contributed by atoms with van der Waals surface area (Å²) in [5, 5.41) is 17.2. The maximum Gasteiger partial charge on any atom is 0.305 e. The number of hydrogen-bond acceptors (Lipinski definition) is 5. The van der Waals surface area contributed by atoms with Crippen molar-refractivity contribution in [2.45, 2.75) is 116 Å². The van der Waals surface area contributed by atoms with Crippen LogP contribution in [0, 0.1) is 0 Å². The Kier molecular flexibility index (Phi) is 20.1. The topological polar surface area (TPSA) is 76.0 Å². The third-order valence-corrected chi connectivity index (χ3v) is 4.77. The van der Waals surface area contributed by atoms with Crippen LogP contribution in [0.5, 0.6) is 0 Å². The average molecular weight is 375 g/mol. The Morgan fingerprint density at radius 1 is 0.769 bits per heavy atom. The van der Waals surface area contributed by atoms with Crippen LogP contribution in [0.3, 0.4) is 0 Å². The summed E-state index contributed by atoms with van der Waals surface area (Å²) in [4.78, 5) is 15.4. The number of carbonyl (C=O) groups excluding carboxylic acids is 1. The molecular weight excluding hydrogens is 332 g/mol. The van der Waals surface area contributed by atoms with Gasteiger partial charge in [-0.1, -0.05) is 96.8 Å². The van der Waals surface area contributed by atoms with Gasteiger partial charge in [-0.2, -0.15) is 0 Å². The van der Waals surface area contributed by atoms with Crippen molar-refractivity contribution in [3.63, 3.8) is 0 Å². The van der Waals surface area contributed by atoms with Crippen LogP contribution < -0.4 is 0 Å². The number of esters is 1. The quantitative estimate of drug-likeness (QED) is 0.125. The van der Waals surface area contributed by atoms with Gasteiger partial charge < -0.3 is 9.84 Å². The first-order valence-corrected chi connectivity index (χ1v) is 10.8. The fourth-order valence-electron chi connectivity index (χ4n) is 3.02. The standard InChI is InChI=1S/C21H42O5/c1-2-3-4-5-6-7-8-9-10-11-12-13-14-15-16-17-21(23)25-19-20(18-22)26-24/h20,22,24H,2-19H2,1H3. The summed E-state index contributed by atoms with van der Waals surface area (Å²) in [6.07, 6.45) is 19.0. The molecule has 0 bridgehead atoms. The molecule has 0 radical (unpaired) electrons. The normalized spacial score (nSPS) is 12.3. The summed E-state index contributed by atoms with van der Waals surface area (Å²) in [7, 11) is 0. The van der Waals surface area contributed by atoms with Crippen LogP contribution in [0.2, 0.25) is 0 Å². The molecule has 1 unspecified atom stereocenters. The van der Waals surface area contributed by atoms with E-state index in [0.29, 0.717) is 6.42 Å². The predicted molar refractivity (Wildman–Crippen MR) is 105 cm³/mol. The van der Waals surface area contributed by atoms with Crippen LogP contribution in [0.25, 0.3) is 0 Å². The van der Waals surface area contributed by atoms with Gasteiger partial charge in [-0.15, -0.1) is 0 Å². The van der Waals surface area contributed by atoms with Gasteiger partial charge in [0.15, 0.2) is 0 Å². The number of carbonyl (C=O) groups is 1. The highest BCUT2D eigenvalue weighted by atomic mass is 17.1. The fourth-order valence-corrected chi connectivity index (χ4v) is 3.02. The summed E-state index contributed by atoms with van der Waals surface area (Å²) < 4.78 is 4.92. The third kappa shape index (κ3) is 18.2. The average Bonchev–Trinajstić information content (AvgIpc) is 2.65. The number of hydrogen-bond donors (Lipinski definition) is 2. The van der Waals surface area contributed by atoms with E-state index in [1.165, 1.54) is 83.5 Å². The summed E-state index contributed by atoms with van der Waals surface area (Å²) in [5.74, 6) is -0.296. The number of ether oxygens (including phenoxy) is 1. The van der Waals surface area contributed by atoms with Gasteiger partial charge in [0, 0.05) is 6.42 Å². The van der Waals surface area contributed by atoms with Crippen molar-refractivity contribution in [1.82, 2.24) is 0 Å². The largest absolute Gasteiger partial charge is 0.463 e. The molecule has 0 aromatic carbocycles. The van der Waals surface area contributed by atoms with Crippen molar-refractivity contribution in [3.8, 4) is 0 Å². The van der Waals surface area contributed by atoms with Crippen LogP contribution in [-0.4, -0.2) is 35.7 Å². The lowest BCUT2D eigenvalue weighted by molar-refractivity contribution is -0.291. The van der Waals surface area contributed by atoms with Crippen molar-refractivity contribution in [3.05, 3.63) is 0 Å². The monoisotopic (exact) mass is 374 g/mol.